The Kier molecular flexibility index (Phi) is 5.80. The first-order chi connectivity index (χ1) is 13.2. The summed E-state index contributed by atoms with van der Waals surface area (Å²) in [5.74, 6) is -0.443. The molecule has 0 aliphatic heterocycles. The molecule has 0 unspecified atom stereocenters. The molecule has 0 saturated carbocycles. The van der Waals surface area contributed by atoms with E-state index in [0.717, 1.165) is 30.0 Å². The molecule has 0 spiro atoms. The molecule has 10 heteroatoms. The third-order valence-electron chi connectivity index (χ3n) is 3.84. The standard InChI is InChI=1S/C18H18F3N5OS/c1-25(2)6-7-26-10-14(9-22-26)23-16(27)15-11-28-17(24-15)12-4-3-5-13(8-12)18(19,20)21/h3-5,8-11H,6-7H2,1-2H3,(H,23,27). The molecule has 1 aromatic carbocycles. The maximum atomic E-state index is 12.9. The van der Waals surface area contributed by atoms with Gasteiger partial charge in [0.1, 0.15) is 10.7 Å². The second kappa shape index (κ2) is 8.11. The number of carbonyl (C=O) groups excluding carboxylic acids is 1. The Morgan fingerprint density at radius 2 is 2.11 bits per heavy atom. The number of nitrogens with zero attached hydrogens (tertiary/aromatic N) is 4. The predicted molar refractivity (Wildman–Crippen MR) is 101 cm³/mol. The van der Waals surface area contributed by atoms with Gasteiger partial charge >= 0.3 is 6.18 Å². The number of rotatable bonds is 6. The number of alkyl halides is 3. The van der Waals surface area contributed by atoms with Gasteiger partial charge in [0.25, 0.3) is 5.91 Å². The summed E-state index contributed by atoms with van der Waals surface area (Å²) in [6.07, 6.45) is -1.19. The van der Waals surface area contributed by atoms with Crippen molar-refractivity contribution in [3.63, 3.8) is 0 Å². The minimum Gasteiger partial charge on any atom is -0.318 e. The van der Waals surface area contributed by atoms with Crippen molar-refractivity contribution in [1.82, 2.24) is 19.7 Å². The van der Waals surface area contributed by atoms with E-state index in [1.165, 1.54) is 23.7 Å². The highest BCUT2D eigenvalue weighted by molar-refractivity contribution is 7.13. The number of thiazole rings is 1. The van der Waals surface area contributed by atoms with E-state index in [4.69, 9.17) is 0 Å². The van der Waals surface area contributed by atoms with Gasteiger partial charge in [0.2, 0.25) is 0 Å². The second-order valence-corrected chi connectivity index (χ2v) is 7.22. The van der Waals surface area contributed by atoms with Crippen LogP contribution in [0.15, 0.2) is 42.0 Å². The van der Waals surface area contributed by atoms with Gasteiger partial charge in [-0.2, -0.15) is 18.3 Å². The van der Waals surface area contributed by atoms with Crippen LogP contribution >= 0.6 is 11.3 Å². The average Bonchev–Trinajstić information content (AvgIpc) is 3.29. The molecule has 2 aromatic heterocycles. The zero-order valence-corrected chi connectivity index (χ0v) is 16.0. The number of anilines is 1. The highest BCUT2D eigenvalue weighted by Crippen LogP contribution is 2.33. The number of likely N-dealkylation sites (N-methyl/N-ethyl adjacent to an activating group) is 1. The van der Waals surface area contributed by atoms with E-state index in [2.05, 4.69) is 15.4 Å². The fourth-order valence-corrected chi connectivity index (χ4v) is 3.18. The minimum absolute atomic E-state index is 0.137. The van der Waals surface area contributed by atoms with Crippen molar-refractivity contribution in [2.75, 3.05) is 26.0 Å². The molecule has 1 amide bonds. The number of hydrogen-bond acceptors (Lipinski definition) is 5. The quantitative estimate of drug-likeness (QED) is 0.672. The van der Waals surface area contributed by atoms with Crippen LogP contribution in [0.4, 0.5) is 18.9 Å². The number of halogens is 3. The molecule has 28 heavy (non-hydrogen) atoms. The van der Waals surface area contributed by atoms with E-state index in [-0.39, 0.29) is 5.69 Å². The number of hydrogen-bond donors (Lipinski definition) is 1. The van der Waals surface area contributed by atoms with E-state index in [9.17, 15) is 18.0 Å². The van der Waals surface area contributed by atoms with E-state index >= 15 is 0 Å². The number of nitrogens with one attached hydrogen (secondary N) is 1. The summed E-state index contributed by atoms with van der Waals surface area (Å²) in [5, 5.41) is 8.73. The zero-order valence-electron chi connectivity index (χ0n) is 15.2. The van der Waals surface area contributed by atoms with Crippen molar-refractivity contribution >= 4 is 22.9 Å². The number of amides is 1. The van der Waals surface area contributed by atoms with Crippen molar-refractivity contribution < 1.29 is 18.0 Å². The highest BCUT2D eigenvalue weighted by Gasteiger charge is 2.30. The van der Waals surface area contributed by atoms with Crippen LogP contribution in [0.3, 0.4) is 0 Å². The number of aromatic nitrogens is 3. The molecule has 0 bridgehead atoms. The summed E-state index contributed by atoms with van der Waals surface area (Å²) in [4.78, 5) is 18.6. The Morgan fingerprint density at radius 3 is 2.82 bits per heavy atom. The molecule has 148 valence electrons. The van der Waals surface area contributed by atoms with Crippen molar-refractivity contribution in [1.29, 1.82) is 0 Å². The molecule has 3 rings (SSSR count). The zero-order chi connectivity index (χ0) is 20.3. The van der Waals surface area contributed by atoms with E-state index in [1.807, 2.05) is 19.0 Å². The summed E-state index contributed by atoms with van der Waals surface area (Å²) >= 11 is 1.11. The van der Waals surface area contributed by atoms with Gasteiger partial charge in [0, 0.05) is 23.7 Å². The fraction of sp³-hybridized carbons (Fsp3) is 0.278. The summed E-state index contributed by atoms with van der Waals surface area (Å²) in [5.41, 5.74) is 0.225. The Labute approximate surface area is 163 Å². The van der Waals surface area contributed by atoms with E-state index < -0.39 is 17.6 Å². The SMILES string of the molecule is CN(C)CCn1cc(NC(=O)c2csc(-c3cccc(C(F)(F)F)c3)n2)cn1. The van der Waals surface area contributed by atoms with Crippen LogP contribution in [0.1, 0.15) is 16.1 Å². The third-order valence-corrected chi connectivity index (χ3v) is 4.73. The van der Waals surface area contributed by atoms with Crippen molar-refractivity contribution in [2.24, 2.45) is 0 Å². The topological polar surface area (TPSA) is 63.0 Å². The van der Waals surface area contributed by atoms with Gasteiger partial charge in [-0.1, -0.05) is 12.1 Å². The van der Waals surface area contributed by atoms with Crippen molar-refractivity contribution in [2.45, 2.75) is 12.7 Å². The summed E-state index contributed by atoms with van der Waals surface area (Å²) in [6, 6.07) is 4.87. The molecule has 0 radical (unpaired) electrons. The lowest BCUT2D eigenvalue weighted by Gasteiger charge is -2.08. The van der Waals surface area contributed by atoms with Gasteiger partial charge in [-0.3, -0.25) is 9.48 Å². The molecule has 6 nitrogen and oxygen atoms in total. The first kappa shape index (κ1) is 20.0. The normalized spacial score (nSPS) is 11.8. The van der Waals surface area contributed by atoms with Crippen LogP contribution in [-0.2, 0) is 12.7 Å². The largest absolute Gasteiger partial charge is 0.416 e. The molecule has 2 heterocycles. The van der Waals surface area contributed by atoms with Crippen LogP contribution in [0, 0.1) is 0 Å². The molecular weight excluding hydrogens is 391 g/mol. The smallest absolute Gasteiger partial charge is 0.318 e. The summed E-state index contributed by atoms with van der Waals surface area (Å²) < 4.78 is 40.3. The van der Waals surface area contributed by atoms with Gasteiger partial charge in [-0.25, -0.2) is 4.98 Å². The second-order valence-electron chi connectivity index (χ2n) is 6.37. The monoisotopic (exact) mass is 409 g/mol. The van der Waals surface area contributed by atoms with Gasteiger partial charge < -0.3 is 10.2 Å². The lowest BCUT2D eigenvalue weighted by molar-refractivity contribution is -0.137. The van der Waals surface area contributed by atoms with Crippen LogP contribution in [-0.4, -0.2) is 46.2 Å². The van der Waals surface area contributed by atoms with Crippen LogP contribution in [0.2, 0.25) is 0 Å². The maximum Gasteiger partial charge on any atom is 0.416 e. The fourth-order valence-electron chi connectivity index (χ4n) is 2.39. The summed E-state index contributed by atoms with van der Waals surface area (Å²) in [6.45, 7) is 1.49. The molecule has 1 N–H and O–H groups in total. The van der Waals surface area contributed by atoms with E-state index in [1.54, 1.807) is 10.9 Å². The lowest BCUT2D eigenvalue weighted by atomic mass is 10.1. The molecule has 0 fully saturated rings. The highest BCUT2D eigenvalue weighted by atomic mass is 32.1. The Bertz CT molecular complexity index is 964. The van der Waals surface area contributed by atoms with Crippen LogP contribution in [0.25, 0.3) is 10.6 Å². The van der Waals surface area contributed by atoms with Crippen molar-refractivity contribution in [3.8, 4) is 10.6 Å². The minimum atomic E-state index is -4.43. The molecular formula is C18H18F3N5OS. The Morgan fingerprint density at radius 1 is 1.32 bits per heavy atom. The Hall–Kier alpha value is -2.72. The molecule has 0 aliphatic carbocycles. The first-order valence-corrected chi connectivity index (χ1v) is 9.22. The molecule has 0 aliphatic rings. The predicted octanol–water partition coefficient (Wildman–Crippen LogP) is 3.84. The van der Waals surface area contributed by atoms with Gasteiger partial charge in [0.15, 0.2) is 0 Å². The van der Waals surface area contributed by atoms with Gasteiger partial charge in [-0.05, 0) is 26.2 Å². The summed E-state index contributed by atoms with van der Waals surface area (Å²) in [7, 11) is 3.91. The third kappa shape index (κ3) is 4.96. The van der Waals surface area contributed by atoms with Gasteiger partial charge in [0.05, 0.1) is 24.0 Å². The van der Waals surface area contributed by atoms with Crippen LogP contribution < -0.4 is 5.32 Å². The number of carbonyl (C=O) groups is 1. The van der Waals surface area contributed by atoms with E-state index in [0.29, 0.717) is 22.8 Å². The maximum absolute atomic E-state index is 12.9. The molecule has 0 atom stereocenters. The Balaban J connectivity index is 1.69. The van der Waals surface area contributed by atoms with Crippen LogP contribution in [0.5, 0.6) is 0 Å². The van der Waals surface area contributed by atoms with Crippen molar-refractivity contribution in [3.05, 3.63) is 53.3 Å². The number of benzene rings is 1. The van der Waals surface area contributed by atoms with Gasteiger partial charge in [-0.15, -0.1) is 11.3 Å². The molecule has 3 aromatic rings. The average molecular weight is 409 g/mol. The molecule has 0 saturated heterocycles. The lowest BCUT2D eigenvalue weighted by Crippen LogP contribution is -2.18. The first-order valence-electron chi connectivity index (χ1n) is 8.34.